The zero-order valence-corrected chi connectivity index (χ0v) is 20.9. The van der Waals surface area contributed by atoms with E-state index in [0.717, 1.165) is 47.2 Å². The van der Waals surface area contributed by atoms with E-state index in [1.165, 1.54) is 9.70 Å². The van der Waals surface area contributed by atoms with E-state index in [9.17, 15) is 9.59 Å². The molecular weight excluding hydrogens is 454 g/mol. The minimum atomic E-state index is -0.232. The number of hydrogen-bond acceptors (Lipinski definition) is 5. The van der Waals surface area contributed by atoms with E-state index in [2.05, 4.69) is 51.9 Å². The van der Waals surface area contributed by atoms with E-state index in [1.54, 1.807) is 20.2 Å². The lowest BCUT2D eigenvalue weighted by atomic mass is 9.98. The predicted molar refractivity (Wildman–Crippen MR) is 139 cm³/mol. The molecule has 4 aromatic rings. The van der Waals surface area contributed by atoms with Crippen molar-refractivity contribution >= 4 is 6.03 Å². The zero-order chi connectivity index (χ0) is 25.5. The smallest absolute Gasteiger partial charge is 0.318 e. The number of carbonyl (C=O) groups excluding carboxylic acids is 1. The molecule has 36 heavy (non-hydrogen) atoms. The Morgan fingerprint density at radius 2 is 1.72 bits per heavy atom. The normalized spacial score (nSPS) is 10.9. The first kappa shape index (κ1) is 24.8. The highest BCUT2D eigenvalue weighted by Crippen LogP contribution is 2.30. The first-order valence-corrected chi connectivity index (χ1v) is 12.1. The fraction of sp³-hybridized carbons (Fsp3) is 0.296. The van der Waals surface area contributed by atoms with E-state index in [0.29, 0.717) is 12.4 Å². The van der Waals surface area contributed by atoms with Crippen LogP contribution >= 0.6 is 0 Å². The number of aryl methyl sites for hydroxylation is 1. The third-order valence-corrected chi connectivity index (χ3v) is 5.93. The molecule has 0 saturated heterocycles. The monoisotopic (exact) mass is 485 g/mol. The largest absolute Gasteiger partial charge is 0.331 e. The van der Waals surface area contributed by atoms with Crippen LogP contribution in [0, 0.1) is 0 Å². The molecule has 186 valence electrons. The van der Waals surface area contributed by atoms with E-state index in [4.69, 9.17) is 0 Å². The minimum absolute atomic E-state index is 0.0222. The van der Waals surface area contributed by atoms with Crippen molar-refractivity contribution in [2.45, 2.75) is 39.4 Å². The van der Waals surface area contributed by atoms with Crippen molar-refractivity contribution in [1.82, 2.24) is 35.0 Å². The van der Waals surface area contributed by atoms with Gasteiger partial charge < -0.3 is 14.8 Å². The van der Waals surface area contributed by atoms with Crippen molar-refractivity contribution in [3.63, 3.8) is 0 Å². The SMILES string of the molecule is CCCCc1cccc(=O)n1Cc1ccc(-c2ccccc2-c2nnn(CNC(=O)N(C)C)n2)cc1. The number of amides is 2. The van der Waals surface area contributed by atoms with Gasteiger partial charge in [0, 0.05) is 31.4 Å². The predicted octanol–water partition coefficient (Wildman–Crippen LogP) is 3.79. The summed E-state index contributed by atoms with van der Waals surface area (Å²) in [5.74, 6) is 0.477. The summed E-state index contributed by atoms with van der Waals surface area (Å²) in [7, 11) is 3.33. The number of tetrazole rings is 1. The Kier molecular flexibility index (Phi) is 7.89. The maximum absolute atomic E-state index is 12.5. The molecule has 0 aliphatic heterocycles. The fourth-order valence-corrected chi connectivity index (χ4v) is 3.94. The third-order valence-electron chi connectivity index (χ3n) is 5.93. The lowest BCUT2D eigenvalue weighted by molar-refractivity contribution is 0.212. The van der Waals surface area contributed by atoms with Crippen LogP contribution < -0.4 is 10.9 Å². The number of rotatable bonds is 9. The molecule has 0 atom stereocenters. The van der Waals surface area contributed by atoms with Gasteiger partial charge in [-0.2, -0.15) is 0 Å². The molecule has 0 aliphatic rings. The number of hydrogen-bond donors (Lipinski definition) is 1. The highest BCUT2D eigenvalue weighted by molar-refractivity contribution is 5.80. The van der Waals surface area contributed by atoms with E-state index in [1.807, 2.05) is 41.0 Å². The van der Waals surface area contributed by atoms with Crippen LogP contribution in [-0.2, 0) is 19.6 Å². The molecule has 2 aromatic carbocycles. The van der Waals surface area contributed by atoms with Crippen molar-refractivity contribution < 1.29 is 4.79 Å². The summed E-state index contributed by atoms with van der Waals surface area (Å²) in [5.41, 5.74) is 4.97. The van der Waals surface area contributed by atoms with Crippen molar-refractivity contribution in [2.75, 3.05) is 14.1 Å². The molecule has 0 aliphatic carbocycles. The highest BCUT2D eigenvalue weighted by atomic mass is 16.2. The molecule has 0 spiro atoms. The maximum atomic E-state index is 12.5. The lowest BCUT2D eigenvalue weighted by Gasteiger charge is -2.13. The standard InChI is InChI=1S/C27H31N7O2/c1-4-5-9-22-10-8-13-25(35)33(22)18-20-14-16-21(17-15-20)23-11-6-7-12-24(23)26-29-31-34(30-26)19-28-27(36)32(2)3/h6-8,10-17H,4-5,9,18-19H2,1-3H3,(H,28,36). The van der Waals surface area contributed by atoms with E-state index in [-0.39, 0.29) is 18.3 Å². The van der Waals surface area contributed by atoms with Crippen LogP contribution in [0.4, 0.5) is 4.79 Å². The van der Waals surface area contributed by atoms with Gasteiger partial charge in [0.1, 0.15) is 6.67 Å². The Morgan fingerprint density at radius 1 is 0.972 bits per heavy atom. The second kappa shape index (κ2) is 11.4. The van der Waals surface area contributed by atoms with Gasteiger partial charge >= 0.3 is 6.03 Å². The summed E-state index contributed by atoms with van der Waals surface area (Å²) in [6, 6.07) is 21.3. The fourth-order valence-electron chi connectivity index (χ4n) is 3.94. The minimum Gasteiger partial charge on any atom is -0.331 e. The molecule has 0 fully saturated rings. The Balaban J connectivity index is 1.54. The molecular formula is C27H31N7O2. The molecule has 1 N–H and O–H groups in total. The number of carbonyl (C=O) groups is 1. The summed E-state index contributed by atoms with van der Waals surface area (Å²) < 4.78 is 1.86. The second-order valence-electron chi connectivity index (χ2n) is 8.81. The first-order valence-electron chi connectivity index (χ1n) is 12.1. The van der Waals surface area contributed by atoms with Crippen LogP contribution in [-0.4, -0.2) is 49.8 Å². The lowest BCUT2D eigenvalue weighted by Crippen LogP contribution is -2.36. The zero-order valence-electron chi connectivity index (χ0n) is 20.9. The summed E-state index contributed by atoms with van der Waals surface area (Å²) in [6.45, 7) is 2.82. The molecule has 0 saturated carbocycles. The van der Waals surface area contributed by atoms with E-state index >= 15 is 0 Å². The van der Waals surface area contributed by atoms with Crippen LogP contribution in [0.25, 0.3) is 22.5 Å². The Morgan fingerprint density at radius 3 is 2.44 bits per heavy atom. The second-order valence-corrected chi connectivity index (χ2v) is 8.81. The summed E-state index contributed by atoms with van der Waals surface area (Å²) in [5, 5.41) is 15.4. The average Bonchev–Trinajstić information content (AvgIpc) is 3.37. The molecule has 0 radical (unpaired) electrons. The van der Waals surface area contributed by atoms with Crippen LogP contribution in [0.5, 0.6) is 0 Å². The molecule has 4 rings (SSSR count). The summed E-state index contributed by atoms with van der Waals surface area (Å²) in [4.78, 5) is 27.1. The van der Waals surface area contributed by atoms with Gasteiger partial charge in [-0.1, -0.05) is 67.9 Å². The van der Waals surface area contributed by atoms with Crippen LogP contribution in [0.2, 0.25) is 0 Å². The number of pyridine rings is 1. The average molecular weight is 486 g/mol. The molecule has 2 heterocycles. The molecule has 2 amide bonds. The number of unbranched alkanes of at least 4 members (excludes halogenated alkanes) is 1. The van der Waals surface area contributed by atoms with Crippen LogP contribution in [0.3, 0.4) is 0 Å². The van der Waals surface area contributed by atoms with Gasteiger partial charge in [0.2, 0.25) is 5.82 Å². The highest BCUT2D eigenvalue weighted by Gasteiger charge is 2.13. The molecule has 9 nitrogen and oxygen atoms in total. The summed E-state index contributed by atoms with van der Waals surface area (Å²) >= 11 is 0. The van der Waals surface area contributed by atoms with Gasteiger partial charge in [0.15, 0.2) is 0 Å². The quantitative estimate of drug-likeness (QED) is 0.389. The Labute approximate surface area is 210 Å². The number of nitrogens with zero attached hydrogens (tertiary/aromatic N) is 6. The van der Waals surface area contributed by atoms with Gasteiger partial charge in [0.25, 0.3) is 5.56 Å². The molecule has 2 aromatic heterocycles. The number of aromatic nitrogens is 5. The molecule has 0 bridgehead atoms. The third kappa shape index (κ3) is 5.86. The van der Waals surface area contributed by atoms with Crippen molar-refractivity contribution in [3.05, 3.63) is 88.3 Å². The van der Waals surface area contributed by atoms with Crippen molar-refractivity contribution in [2.24, 2.45) is 0 Å². The number of nitrogens with one attached hydrogen (secondary N) is 1. The van der Waals surface area contributed by atoms with Crippen LogP contribution in [0.1, 0.15) is 31.0 Å². The van der Waals surface area contributed by atoms with Gasteiger partial charge in [-0.15, -0.1) is 15.0 Å². The topological polar surface area (TPSA) is 97.9 Å². The molecule has 0 unspecified atom stereocenters. The van der Waals surface area contributed by atoms with Crippen molar-refractivity contribution in [1.29, 1.82) is 0 Å². The number of urea groups is 1. The Hall–Kier alpha value is -4.27. The van der Waals surface area contributed by atoms with Gasteiger partial charge in [-0.05, 0) is 40.8 Å². The first-order chi connectivity index (χ1) is 17.5. The van der Waals surface area contributed by atoms with Crippen LogP contribution in [0.15, 0.2) is 71.5 Å². The Bertz CT molecular complexity index is 1370. The van der Waals surface area contributed by atoms with Gasteiger partial charge in [-0.25, -0.2) is 4.79 Å². The van der Waals surface area contributed by atoms with Gasteiger partial charge in [0.05, 0.1) is 6.54 Å². The molecule has 9 heteroatoms. The summed E-state index contributed by atoms with van der Waals surface area (Å²) in [6.07, 6.45) is 3.04. The van der Waals surface area contributed by atoms with Crippen molar-refractivity contribution in [3.8, 4) is 22.5 Å². The number of benzene rings is 2. The van der Waals surface area contributed by atoms with Gasteiger partial charge in [-0.3, -0.25) is 4.79 Å². The maximum Gasteiger partial charge on any atom is 0.318 e. The van der Waals surface area contributed by atoms with E-state index < -0.39 is 0 Å².